The highest BCUT2D eigenvalue weighted by atomic mass is 16.5. The zero-order chi connectivity index (χ0) is 24.0. The molecule has 7 nitrogen and oxygen atoms in total. The van der Waals surface area contributed by atoms with Crippen molar-refractivity contribution >= 4 is 23.1 Å². The summed E-state index contributed by atoms with van der Waals surface area (Å²) in [4.78, 5) is 27.8. The fourth-order valence-corrected chi connectivity index (χ4v) is 3.54. The number of amides is 2. The van der Waals surface area contributed by atoms with E-state index >= 15 is 0 Å². The van der Waals surface area contributed by atoms with E-state index in [0.717, 1.165) is 5.56 Å². The molecule has 176 valence electrons. The fourth-order valence-electron chi connectivity index (χ4n) is 3.54. The van der Waals surface area contributed by atoms with Crippen LogP contribution in [-0.4, -0.2) is 49.2 Å². The molecule has 0 spiro atoms. The molecule has 33 heavy (non-hydrogen) atoms. The van der Waals surface area contributed by atoms with Gasteiger partial charge in [0, 0.05) is 11.8 Å². The first-order valence-corrected chi connectivity index (χ1v) is 11.3. The summed E-state index contributed by atoms with van der Waals surface area (Å²) in [5.41, 5.74) is 2.96. The maximum atomic E-state index is 13.3. The van der Waals surface area contributed by atoms with E-state index in [1.165, 1.54) is 4.90 Å². The average molecular weight is 453 g/mol. The van der Waals surface area contributed by atoms with Crippen LogP contribution in [0.15, 0.2) is 48.2 Å². The molecule has 0 aromatic heterocycles. The smallest absolute Gasteiger partial charge is 0.278 e. The van der Waals surface area contributed by atoms with Crippen LogP contribution in [-0.2, 0) is 14.3 Å². The van der Waals surface area contributed by atoms with E-state index in [1.807, 2.05) is 58.9 Å². The number of nitrogens with one attached hydrogen (secondary N) is 1. The molecule has 7 heteroatoms. The molecule has 0 saturated carbocycles. The van der Waals surface area contributed by atoms with Crippen molar-refractivity contribution < 1.29 is 23.8 Å². The van der Waals surface area contributed by atoms with Crippen LogP contribution in [0.1, 0.15) is 38.8 Å². The van der Waals surface area contributed by atoms with Crippen LogP contribution in [0.5, 0.6) is 11.5 Å². The molecule has 0 aliphatic carbocycles. The Bertz CT molecular complexity index is 1030. The number of carbonyl (C=O) groups is 2. The zero-order valence-corrected chi connectivity index (χ0v) is 19.9. The Morgan fingerprint density at radius 1 is 0.909 bits per heavy atom. The van der Waals surface area contributed by atoms with Crippen molar-refractivity contribution in [3.05, 3.63) is 59.3 Å². The van der Waals surface area contributed by atoms with Crippen LogP contribution >= 0.6 is 0 Å². The van der Waals surface area contributed by atoms with Crippen LogP contribution in [0.25, 0.3) is 5.57 Å². The lowest BCUT2D eigenvalue weighted by molar-refractivity contribution is -0.137. The van der Waals surface area contributed by atoms with E-state index in [1.54, 1.807) is 18.2 Å². The molecule has 0 radical (unpaired) electrons. The van der Waals surface area contributed by atoms with Gasteiger partial charge in [0.1, 0.15) is 5.70 Å². The van der Waals surface area contributed by atoms with Crippen molar-refractivity contribution in [1.82, 2.24) is 4.90 Å². The predicted octanol–water partition coefficient (Wildman–Crippen LogP) is 4.41. The highest BCUT2D eigenvalue weighted by Crippen LogP contribution is 2.34. The van der Waals surface area contributed by atoms with Crippen molar-refractivity contribution in [3.8, 4) is 11.5 Å². The minimum Gasteiger partial charge on any atom is -0.490 e. The quantitative estimate of drug-likeness (QED) is 0.509. The van der Waals surface area contributed by atoms with E-state index in [0.29, 0.717) is 41.5 Å². The fraction of sp³-hybridized carbons (Fsp3) is 0.385. The number of rotatable bonds is 11. The second-order valence-electron chi connectivity index (χ2n) is 7.95. The highest BCUT2D eigenvalue weighted by Gasteiger charge is 2.39. The van der Waals surface area contributed by atoms with E-state index in [4.69, 9.17) is 14.2 Å². The molecule has 0 unspecified atom stereocenters. The van der Waals surface area contributed by atoms with Gasteiger partial charge in [-0.25, -0.2) is 0 Å². The molecule has 2 amide bonds. The number of hydrogen-bond donors (Lipinski definition) is 1. The zero-order valence-electron chi connectivity index (χ0n) is 19.9. The van der Waals surface area contributed by atoms with E-state index < -0.39 is 0 Å². The summed E-state index contributed by atoms with van der Waals surface area (Å²) in [5.74, 6) is 0.476. The molecule has 0 atom stereocenters. The lowest BCUT2D eigenvalue weighted by Gasteiger charge is -2.17. The standard InChI is InChI=1S/C26H32N2O5/c1-6-31-21-13-12-20(16-22(21)32-7-2)27-24-23(19-10-8-18(5)9-11-19)25(29)28(26(24)30)14-15-33-17(3)4/h8-13,16-17,27H,6-7,14-15H2,1-5H3. The Labute approximate surface area is 195 Å². The molecule has 0 saturated heterocycles. The summed E-state index contributed by atoms with van der Waals surface area (Å²) < 4.78 is 16.9. The molecular weight excluding hydrogens is 420 g/mol. The van der Waals surface area contributed by atoms with Crippen LogP contribution in [0.2, 0.25) is 0 Å². The average Bonchev–Trinajstić information content (AvgIpc) is 3.00. The predicted molar refractivity (Wildman–Crippen MR) is 128 cm³/mol. The number of aryl methyl sites for hydroxylation is 1. The first-order valence-electron chi connectivity index (χ1n) is 11.3. The molecule has 2 aromatic rings. The number of hydrogen-bond acceptors (Lipinski definition) is 6. The van der Waals surface area contributed by atoms with Crippen molar-refractivity contribution in [2.24, 2.45) is 0 Å². The largest absolute Gasteiger partial charge is 0.490 e. The first kappa shape index (κ1) is 24.3. The minimum atomic E-state index is -0.380. The molecule has 2 aromatic carbocycles. The Balaban J connectivity index is 1.97. The number of benzene rings is 2. The third-order valence-electron chi connectivity index (χ3n) is 5.09. The summed E-state index contributed by atoms with van der Waals surface area (Å²) in [7, 11) is 0. The summed E-state index contributed by atoms with van der Waals surface area (Å²) in [6.07, 6.45) is 0.0146. The third-order valence-corrected chi connectivity index (χ3v) is 5.09. The van der Waals surface area contributed by atoms with Gasteiger partial charge in [0.25, 0.3) is 11.8 Å². The molecule has 0 fully saturated rings. The van der Waals surface area contributed by atoms with Crippen LogP contribution in [0.3, 0.4) is 0 Å². The third kappa shape index (κ3) is 5.73. The molecule has 1 aliphatic rings. The second kappa shape index (κ2) is 11.0. The van der Waals surface area contributed by atoms with Crippen molar-refractivity contribution in [2.75, 3.05) is 31.7 Å². The molecular formula is C26H32N2O5. The second-order valence-corrected chi connectivity index (χ2v) is 7.95. The number of imide groups is 1. The van der Waals surface area contributed by atoms with Crippen molar-refractivity contribution in [3.63, 3.8) is 0 Å². The monoisotopic (exact) mass is 452 g/mol. The number of anilines is 1. The molecule has 3 rings (SSSR count). The lowest BCUT2D eigenvalue weighted by atomic mass is 10.0. The Hall–Kier alpha value is -3.32. The van der Waals surface area contributed by atoms with Gasteiger partial charge in [-0.15, -0.1) is 0 Å². The summed E-state index contributed by atoms with van der Waals surface area (Å²) in [6.45, 7) is 11.1. The lowest BCUT2D eigenvalue weighted by Crippen LogP contribution is -2.35. The van der Waals surface area contributed by atoms with Gasteiger partial charge >= 0.3 is 0 Å². The normalized spacial score (nSPS) is 13.8. The maximum Gasteiger partial charge on any atom is 0.278 e. The van der Waals surface area contributed by atoms with Crippen molar-refractivity contribution in [2.45, 2.75) is 40.7 Å². The number of nitrogens with zero attached hydrogens (tertiary/aromatic N) is 1. The molecule has 0 bridgehead atoms. The summed E-state index contributed by atoms with van der Waals surface area (Å²) in [6, 6.07) is 12.9. The van der Waals surface area contributed by atoms with Gasteiger partial charge in [0.15, 0.2) is 11.5 Å². The van der Waals surface area contributed by atoms with Gasteiger partial charge in [-0.3, -0.25) is 14.5 Å². The molecule has 1 aliphatic heterocycles. The minimum absolute atomic E-state index is 0.0146. The van der Waals surface area contributed by atoms with E-state index in [9.17, 15) is 9.59 Å². The summed E-state index contributed by atoms with van der Waals surface area (Å²) in [5, 5.41) is 3.17. The van der Waals surface area contributed by atoms with Crippen LogP contribution in [0, 0.1) is 6.92 Å². The van der Waals surface area contributed by atoms with Crippen molar-refractivity contribution in [1.29, 1.82) is 0 Å². The Kier molecular flexibility index (Phi) is 8.11. The topological polar surface area (TPSA) is 77.1 Å². The SMILES string of the molecule is CCOc1ccc(NC2=C(c3ccc(C)cc3)C(=O)N(CCOC(C)C)C2=O)cc1OCC. The van der Waals surface area contributed by atoms with Crippen LogP contribution < -0.4 is 14.8 Å². The van der Waals surface area contributed by atoms with Gasteiger partial charge in [0.05, 0.1) is 38.0 Å². The molecule has 1 heterocycles. The number of ether oxygens (including phenoxy) is 3. The van der Waals surface area contributed by atoms with E-state index in [2.05, 4.69) is 5.32 Å². The Morgan fingerprint density at radius 2 is 1.58 bits per heavy atom. The van der Waals surface area contributed by atoms with Gasteiger partial charge in [-0.1, -0.05) is 29.8 Å². The van der Waals surface area contributed by atoms with Crippen LogP contribution in [0.4, 0.5) is 5.69 Å². The van der Waals surface area contributed by atoms with Gasteiger partial charge < -0.3 is 19.5 Å². The first-order chi connectivity index (χ1) is 15.8. The molecule has 1 N–H and O–H groups in total. The maximum absolute atomic E-state index is 13.3. The summed E-state index contributed by atoms with van der Waals surface area (Å²) >= 11 is 0. The number of carbonyl (C=O) groups excluding carboxylic acids is 2. The van der Waals surface area contributed by atoms with E-state index in [-0.39, 0.29) is 36.8 Å². The highest BCUT2D eigenvalue weighted by molar-refractivity contribution is 6.36. The van der Waals surface area contributed by atoms with Gasteiger partial charge in [-0.05, 0) is 52.3 Å². The van der Waals surface area contributed by atoms with Gasteiger partial charge in [0.2, 0.25) is 0 Å². The Morgan fingerprint density at radius 3 is 2.21 bits per heavy atom. The van der Waals surface area contributed by atoms with Gasteiger partial charge in [-0.2, -0.15) is 0 Å².